The smallest absolute Gasteiger partial charge is 0.303 e. The molecule has 1 rings (SSSR count). The number of aromatic nitrogens is 1. The lowest BCUT2D eigenvalue weighted by Crippen LogP contribution is -2.10. The molecule has 6 heteroatoms. The van der Waals surface area contributed by atoms with Crippen molar-refractivity contribution in [1.82, 2.24) is 4.98 Å². The summed E-state index contributed by atoms with van der Waals surface area (Å²) in [5, 5.41) is 18.3. The summed E-state index contributed by atoms with van der Waals surface area (Å²) in [6, 6.07) is 3.29. The number of aliphatic hydroxyl groups is 1. The average Bonchev–Trinajstić information content (AvgIpc) is 2.73. The molecule has 0 aromatic carbocycles. The van der Waals surface area contributed by atoms with Crippen LogP contribution >= 0.6 is 0 Å². The minimum absolute atomic E-state index is 0.172. The van der Waals surface area contributed by atoms with Gasteiger partial charge in [0.2, 0.25) is 5.91 Å². The number of primary amides is 1. The van der Waals surface area contributed by atoms with Crippen molar-refractivity contribution in [3.8, 4) is 0 Å². The number of carbonyl (C=O) groups is 2. The van der Waals surface area contributed by atoms with Crippen LogP contribution in [0.5, 0.6) is 0 Å². The molecule has 4 N–H and O–H groups in total. The third kappa shape index (κ3) is 19.1. The Morgan fingerprint density at radius 1 is 1.07 bits per heavy atom. The minimum Gasteiger partial charge on any atom is -0.481 e. The third-order valence-electron chi connectivity index (χ3n) is 4.67. The zero-order valence-corrected chi connectivity index (χ0v) is 18.5. The van der Waals surface area contributed by atoms with E-state index < -0.39 is 11.9 Å². The number of hydrogen-bond acceptors (Lipinski definition) is 4. The van der Waals surface area contributed by atoms with E-state index in [9.17, 15) is 14.7 Å². The van der Waals surface area contributed by atoms with Crippen LogP contribution in [0, 0.1) is 0 Å². The quantitative estimate of drug-likeness (QED) is 0.249. The molecular formula is C24H40N2O4. The predicted molar refractivity (Wildman–Crippen MR) is 121 cm³/mol. The molecule has 0 bridgehead atoms. The van der Waals surface area contributed by atoms with Crippen LogP contribution in [0.3, 0.4) is 0 Å². The summed E-state index contributed by atoms with van der Waals surface area (Å²) in [6.45, 7) is 2.20. The molecule has 30 heavy (non-hydrogen) atoms. The highest BCUT2D eigenvalue weighted by Crippen LogP contribution is 2.10. The van der Waals surface area contributed by atoms with Crippen molar-refractivity contribution >= 4 is 11.9 Å². The van der Waals surface area contributed by atoms with Gasteiger partial charge < -0.3 is 15.9 Å². The fourth-order valence-corrected chi connectivity index (χ4v) is 2.87. The van der Waals surface area contributed by atoms with E-state index in [1.54, 1.807) is 18.3 Å². The minimum atomic E-state index is -0.689. The maximum Gasteiger partial charge on any atom is 0.303 e. The van der Waals surface area contributed by atoms with E-state index in [1.165, 1.54) is 31.9 Å². The molecule has 1 aromatic rings. The Morgan fingerprint density at radius 2 is 1.77 bits per heavy atom. The van der Waals surface area contributed by atoms with Crippen molar-refractivity contribution < 1.29 is 19.8 Å². The number of hydrogen-bond donors (Lipinski definition) is 3. The van der Waals surface area contributed by atoms with Crippen molar-refractivity contribution in [2.24, 2.45) is 5.73 Å². The van der Waals surface area contributed by atoms with Crippen LogP contribution in [0.1, 0.15) is 101 Å². The van der Waals surface area contributed by atoms with E-state index >= 15 is 0 Å². The summed E-state index contributed by atoms with van der Waals surface area (Å²) in [5.41, 5.74) is 5.38. The Kier molecular flexibility index (Phi) is 18.6. The molecule has 0 aliphatic rings. The van der Waals surface area contributed by atoms with Crippen LogP contribution in [0.15, 0.2) is 36.7 Å². The van der Waals surface area contributed by atoms with Crippen LogP contribution in [0.25, 0.3) is 0 Å². The van der Waals surface area contributed by atoms with Gasteiger partial charge in [-0.15, -0.1) is 0 Å². The molecule has 0 radical (unpaired) electrons. The van der Waals surface area contributed by atoms with Crippen LogP contribution in [0.2, 0.25) is 0 Å². The van der Waals surface area contributed by atoms with Gasteiger partial charge in [0.25, 0.3) is 0 Å². The lowest BCUT2D eigenvalue weighted by atomic mass is 10.1. The second-order valence-corrected chi connectivity index (χ2v) is 7.52. The fourth-order valence-electron chi connectivity index (χ4n) is 2.87. The van der Waals surface area contributed by atoms with Crippen molar-refractivity contribution in [2.45, 2.75) is 96.5 Å². The summed E-state index contributed by atoms with van der Waals surface area (Å²) in [6.07, 6.45) is 20.4. The number of unbranched alkanes of at least 4 members (excludes halogenated alkanes) is 8. The van der Waals surface area contributed by atoms with E-state index in [4.69, 9.17) is 10.8 Å². The van der Waals surface area contributed by atoms with Gasteiger partial charge in [0.05, 0.1) is 11.7 Å². The van der Waals surface area contributed by atoms with Gasteiger partial charge in [-0.3, -0.25) is 14.6 Å². The lowest BCUT2D eigenvalue weighted by molar-refractivity contribution is -0.137. The van der Waals surface area contributed by atoms with Gasteiger partial charge in [0.15, 0.2) is 0 Å². The first-order chi connectivity index (χ1) is 14.5. The van der Waals surface area contributed by atoms with Crippen molar-refractivity contribution in [1.29, 1.82) is 0 Å². The summed E-state index contributed by atoms with van der Waals surface area (Å²) >= 11 is 0. The number of rotatable bonds is 16. The first-order valence-electron chi connectivity index (χ1n) is 11.2. The Hall–Kier alpha value is -2.21. The van der Waals surface area contributed by atoms with Gasteiger partial charge in [-0.1, -0.05) is 64.0 Å². The van der Waals surface area contributed by atoms with Crippen LogP contribution in [-0.4, -0.2) is 33.2 Å². The van der Waals surface area contributed by atoms with Gasteiger partial charge >= 0.3 is 5.97 Å². The van der Waals surface area contributed by atoms with Gasteiger partial charge in [0.1, 0.15) is 0 Å². The summed E-state index contributed by atoms with van der Waals surface area (Å²) in [5.74, 6) is -1.13. The first-order valence-corrected chi connectivity index (χ1v) is 11.2. The SMILES string of the molecule is CCCCCC[C@@H](O)C/C=C\CCCCCCCC(=O)O.NC(=O)c1cccnc1. The van der Waals surface area contributed by atoms with E-state index in [0.29, 0.717) is 12.0 Å². The molecule has 0 aliphatic heterocycles. The fraction of sp³-hybridized carbons (Fsp3) is 0.625. The molecule has 1 aromatic heterocycles. The maximum absolute atomic E-state index is 10.4. The number of allylic oxidation sites excluding steroid dienone is 1. The normalized spacial score (nSPS) is 11.7. The average molecular weight is 421 g/mol. The van der Waals surface area contributed by atoms with Crippen LogP contribution in [-0.2, 0) is 4.79 Å². The van der Waals surface area contributed by atoms with Crippen molar-refractivity contribution in [3.05, 3.63) is 42.2 Å². The van der Waals surface area contributed by atoms with E-state index in [1.807, 2.05) is 0 Å². The molecule has 6 nitrogen and oxygen atoms in total. The largest absolute Gasteiger partial charge is 0.481 e. The molecule has 0 aliphatic carbocycles. The van der Waals surface area contributed by atoms with Gasteiger partial charge in [0, 0.05) is 18.8 Å². The summed E-state index contributed by atoms with van der Waals surface area (Å²) < 4.78 is 0. The highest BCUT2D eigenvalue weighted by molar-refractivity contribution is 5.92. The molecule has 0 spiro atoms. The molecular weight excluding hydrogens is 380 g/mol. The maximum atomic E-state index is 10.4. The Bertz CT molecular complexity index is 576. The van der Waals surface area contributed by atoms with E-state index in [2.05, 4.69) is 24.1 Å². The highest BCUT2D eigenvalue weighted by Gasteiger charge is 2.00. The molecule has 1 amide bonds. The number of pyridine rings is 1. The lowest BCUT2D eigenvalue weighted by Gasteiger charge is -2.07. The first kappa shape index (κ1) is 27.8. The molecule has 1 atom stereocenters. The molecule has 0 fully saturated rings. The zero-order valence-electron chi connectivity index (χ0n) is 18.5. The molecule has 170 valence electrons. The molecule has 0 saturated carbocycles. The summed E-state index contributed by atoms with van der Waals surface area (Å²) in [4.78, 5) is 24.4. The van der Waals surface area contributed by atoms with Crippen LogP contribution < -0.4 is 5.73 Å². The highest BCUT2D eigenvalue weighted by atomic mass is 16.4. The van der Waals surface area contributed by atoms with Crippen LogP contribution in [0.4, 0.5) is 0 Å². The second kappa shape index (κ2) is 20.1. The van der Waals surface area contributed by atoms with Gasteiger partial charge in [-0.2, -0.15) is 0 Å². The molecule has 0 unspecified atom stereocenters. The van der Waals surface area contributed by atoms with Crippen molar-refractivity contribution in [2.75, 3.05) is 0 Å². The third-order valence-corrected chi connectivity index (χ3v) is 4.67. The summed E-state index contributed by atoms with van der Waals surface area (Å²) in [7, 11) is 0. The van der Waals surface area contributed by atoms with Gasteiger partial charge in [-0.05, 0) is 44.2 Å². The monoisotopic (exact) mass is 420 g/mol. The second-order valence-electron chi connectivity index (χ2n) is 7.52. The number of aliphatic carboxylic acids is 1. The number of carboxylic acids is 1. The Morgan fingerprint density at radius 3 is 2.37 bits per heavy atom. The number of aliphatic hydroxyl groups excluding tert-OH is 1. The van der Waals surface area contributed by atoms with E-state index in [0.717, 1.165) is 51.4 Å². The Labute approximate surface area is 181 Å². The Balaban J connectivity index is 0.000000769. The standard InChI is InChI=1S/C18H34O3.C6H6N2O/c1-2-3-4-11-14-17(19)15-12-9-7-5-6-8-10-13-16-18(20)21;7-6(9)5-2-1-3-8-4-5/h9,12,17,19H,2-8,10-11,13-16H2,1H3,(H,20,21);1-4H,(H2,7,9)/b12-9-;/t17-;/m1./s1. The zero-order chi connectivity index (χ0) is 22.5. The topological polar surface area (TPSA) is 114 Å². The number of carbonyl (C=O) groups excluding carboxylic acids is 1. The number of nitrogens with zero attached hydrogens (tertiary/aromatic N) is 1. The number of carboxylic acid groups (broad SMARTS) is 1. The molecule has 1 heterocycles. The van der Waals surface area contributed by atoms with Gasteiger partial charge in [-0.25, -0.2) is 0 Å². The molecule has 0 saturated heterocycles. The van der Waals surface area contributed by atoms with E-state index in [-0.39, 0.29) is 6.10 Å². The number of amides is 1. The predicted octanol–water partition coefficient (Wildman–Crippen LogP) is 5.26. The number of nitrogens with two attached hydrogens (primary N) is 1. The van der Waals surface area contributed by atoms with Crippen molar-refractivity contribution in [3.63, 3.8) is 0 Å².